The van der Waals surface area contributed by atoms with Gasteiger partial charge in [0.1, 0.15) is 5.75 Å². The number of benzene rings is 1. The van der Waals surface area contributed by atoms with Crippen LogP contribution < -0.4 is 15.4 Å². The molecule has 0 spiro atoms. The van der Waals surface area contributed by atoms with Crippen LogP contribution in [-0.2, 0) is 4.74 Å². The minimum absolute atomic E-state index is 0.245. The number of hydrogen-bond donors (Lipinski definition) is 1. The minimum atomic E-state index is 0.245. The van der Waals surface area contributed by atoms with Crippen LogP contribution in [0.4, 0.5) is 11.4 Å². The van der Waals surface area contributed by atoms with Gasteiger partial charge >= 0.3 is 0 Å². The molecule has 2 rings (SSSR count). The highest BCUT2D eigenvalue weighted by molar-refractivity contribution is 5.70. The lowest BCUT2D eigenvalue weighted by molar-refractivity contribution is 0.0300. The number of nitrogens with zero attached hydrogens (tertiary/aromatic N) is 1. The highest BCUT2D eigenvalue weighted by atomic mass is 16.5. The fourth-order valence-corrected chi connectivity index (χ4v) is 2.40. The van der Waals surface area contributed by atoms with E-state index >= 15 is 0 Å². The van der Waals surface area contributed by atoms with Gasteiger partial charge in [0.25, 0.3) is 0 Å². The molecule has 2 N–H and O–H groups in total. The quantitative estimate of drug-likeness (QED) is 0.836. The summed E-state index contributed by atoms with van der Waals surface area (Å²) in [6.07, 6.45) is 1.30. The van der Waals surface area contributed by atoms with Crippen LogP contribution >= 0.6 is 0 Å². The van der Waals surface area contributed by atoms with Gasteiger partial charge in [-0.15, -0.1) is 0 Å². The Morgan fingerprint density at radius 2 is 2.28 bits per heavy atom. The van der Waals surface area contributed by atoms with Crippen molar-refractivity contribution in [3.63, 3.8) is 0 Å². The average molecular weight is 250 g/mol. The van der Waals surface area contributed by atoms with Crippen molar-refractivity contribution < 1.29 is 9.47 Å². The number of methoxy groups -OCH3 is 1. The van der Waals surface area contributed by atoms with Crippen molar-refractivity contribution in [3.8, 4) is 5.75 Å². The van der Waals surface area contributed by atoms with Crippen LogP contribution in [0.5, 0.6) is 5.75 Å². The lowest BCUT2D eigenvalue weighted by Crippen LogP contribution is -2.48. The first kappa shape index (κ1) is 13.0. The number of rotatable bonds is 3. The molecule has 4 nitrogen and oxygen atoms in total. The second-order valence-electron chi connectivity index (χ2n) is 4.78. The van der Waals surface area contributed by atoms with Gasteiger partial charge in [-0.1, -0.05) is 6.92 Å². The molecule has 2 atom stereocenters. The van der Waals surface area contributed by atoms with Gasteiger partial charge in [0.2, 0.25) is 0 Å². The smallest absolute Gasteiger partial charge is 0.121 e. The van der Waals surface area contributed by atoms with Crippen molar-refractivity contribution in [2.24, 2.45) is 0 Å². The van der Waals surface area contributed by atoms with Crippen LogP contribution in [0.2, 0.25) is 0 Å². The molecule has 1 aromatic rings. The fourth-order valence-electron chi connectivity index (χ4n) is 2.40. The summed E-state index contributed by atoms with van der Waals surface area (Å²) >= 11 is 0. The topological polar surface area (TPSA) is 47.7 Å². The van der Waals surface area contributed by atoms with E-state index in [-0.39, 0.29) is 6.10 Å². The Morgan fingerprint density at radius 3 is 2.89 bits per heavy atom. The third-order valence-corrected chi connectivity index (χ3v) is 3.48. The molecule has 1 saturated heterocycles. The number of morpholine rings is 1. The summed E-state index contributed by atoms with van der Waals surface area (Å²) in [6.45, 7) is 5.92. The number of hydrogen-bond acceptors (Lipinski definition) is 4. The normalized spacial score (nSPS) is 24.1. The molecule has 1 heterocycles. The first-order chi connectivity index (χ1) is 8.65. The molecule has 0 aliphatic carbocycles. The Hall–Kier alpha value is -1.42. The third-order valence-electron chi connectivity index (χ3n) is 3.48. The van der Waals surface area contributed by atoms with Crippen molar-refractivity contribution in [1.82, 2.24) is 0 Å². The maximum atomic E-state index is 6.13. The molecule has 4 heteroatoms. The number of anilines is 2. The van der Waals surface area contributed by atoms with Crippen LogP contribution in [-0.4, -0.2) is 32.4 Å². The molecule has 18 heavy (non-hydrogen) atoms. The molecule has 1 fully saturated rings. The van der Waals surface area contributed by atoms with E-state index in [0.29, 0.717) is 6.04 Å². The van der Waals surface area contributed by atoms with Crippen molar-refractivity contribution in [3.05, 3.63) is 18.2 Å². The second kappa shape index (κ2) is 5.48. The molecule has 100 valence electrons. The van der Waals surface area contributed by atoms with Crippen LogP contribution in [0.1, 0.15) is 20.3 Å². The van der Waals surface area contributed by atoms with E-state index in [0.717, 1.165) is 36.7 Å². The van der Waals surface area contributed by atoms with Crippen molar-refractivity contribution in [1.29, 1.82) is 0 Å². The van der Waals surface area contributed by atoms with Gasteiger partial charge in [0, 0.05) is 12.6 Å². The molecular weight excluding hydrogens is 228 g/mol. The largest absolute Gasteiger partial charge is 0.497 e. The van der Waals surface area contributed by atoms with Crippen LogP contribution in [0, 0.1) is 0 Å². The summed E-state index contributed by atoms with van der Waals surface area (Å²) in [7, 11) is 1.65. The Balaban J connectivity index is 2.27. The van der Waals surface area contributed by atoms with Gasteiger partial charge in [-0.25, -0.2) is 0 Å². The average Bonchev–Trinajstić information content (AvgIpc) is 2.38. The van der Waals surface area contributed by atoms with Gasteiger partial charge in [0.05, 0.1) is 37.2 Å². The summed E-state index contributed by atoms with van der Waals surface area (Å²) in [6, 6.07) is 6.27. The highest BCUT2D eigenvalue weighted by Gasteiger charge is 2.26. The molecule has 1 aliphatic rings. The van der Waals surface area contributed by atoms with Gasteiger partial charge in [-0.3, -0.25) is 0 Å². The van der Waals surface area contributed by atoms with Gasteiger partial charge < -0.3 is 20.1 Å². The second-order valence-corrected chi connectivity index (χ2v) is 4.78. The van der Waals surface area contributed by atoms with Crippen LogP contribution in [0.3, 0.4) is 0 Å². The molecule has 0 aromatic heterocycles. The summed E-state index contributed by atoms with van der Waals surface area (Å²) in [5.74, 6) is 0.797. The first-order valence-electron chi connectivity index (χ1n) is 6.47. The Labute approximate surface area is 109 Å². The van der Waals surface area contributed by atoms with Gasteiger partial charge in [-0.2, -0.15) is 0 Å². The van der Waals surface area contributed by atoms with E-state index in [4.69, 9.17) is 15.2 Å². The summed E-state index contributed by atoms with van der Waals surface area (Å²) in [4.78, 5) is 2.35. The fraction of sp³-hybridized carbons (Fsp3) is 0.571. The third kappa shape index (κ3) is 2.53. The molecule has 1 aromatic carbocycles. The zero-order chi connectivity index (χ0) is 13.1. The molecule has 0 saturated carbocycles. The summed E-state index contributed by atoms with van der Waals surface area (Å²) in [5.41, 5.74) is 7.97. The maximum absolute atomic E-state index is 6.13. The number of ether oxygens (including phenoxy) is 2. The standard InChI is InChI=1S/C14H22N2O2/c1-4-11-9-18-10(2)8-16(11)14-6-5-12(17-3)7-13(14)15/h5-7,10-11H,4,8-9,15H2,1-3H3. The van der Waals surface area contributed by atoms with E-state index in [2.05, 4.69) is 18.7 Å². The minimum Gasteiger partial charge on any atom is -0.497 e. The Kier molecular flexibility index (Phi) is 3.97. The Bertz CT molecular complexity index is 409. The van der Waals surface area contributed by atoms with E-state index in [1.54, 1.807) is 7.11 Å². The van der Waals surface area contributed by atoms with Crippen molar-refractivity contribution in [2.45, 2.75) is 32.4 Å². The lowest BCUT2D eigenvalue weighted by Gasteiger charge is -2.40. The van der Waals surface area contributed by atoms with Crippen molar-refractivity contribution >= 4 is 11.4 Å². The monoisotopic (exact) mass is 250 g/mol. The lowest BCUT2D eigenvalue weighted by atomic mass is 10.1. The van der Waals surface area contributed by atoms with Crippen molar-refractivity contribution in [2.75, 3.05) is 30.9 Å². The summed E-state index contributed by atoms with van der Waals surface area (Å²) in [5, 5.41) is 0. The predicted octanol–water partition coefficient (Wildman–Crippen LogP) is 2.28. The Morgan fingerprint density at radius 1 is 1.50 bits per heavy atom. The first-order valence-corrected chi connectivity index (χ1v) is 6.47. The molecule has 2 unspecified atom stereocenters. The van der Waals surface area contributed by atoms with E-state index in [1.807, 2.05) is 18.2 Å². The number of nitrogens with two attached hydrogens (primary N) is 1. The number of nitrogen functional groups attached to an aromatic ring is 1. The van der Waals surface area contributed by atoms with Gasteiger partial charge in [0.15, 0.2) is 0 Å². The van der Waals surface area contributed by atoms with Crippen LogP contribution in [0.25, 0.3) is 0 Å². The zero-order valence-electron chi connectivity index (χ0n) is 11.3. The zero-order valence-corrected chi connectivity index (χ0v) is 11.3. The highest BCUT2D eigenvalue weighted by Crippen LogP contribution is 2.31. The molecule has 1 aliphatic heterocycles. The SMILES string of the molecule is CCC1COC(C)CN1c1ccc(OC)cc1N. The molecule has 0 radical (unpaired) electrons. The maximum Gasteiger partial charge on any atom is 0.121 e. The summed E-state index contributed by atoms with van der Waals surface area (Å²) < 4.78 is 10.9. The van der Waals surface area contributed by atoms with E-state index < -0.39 is 0 Å². The van der Waals surface area contributed by atoms with E-state index in [9.17, 15) is 0 Å². The molecule has 0 bridgehead atoms. The molecular formula is C14H22N2O2. The molecule has 0 amide bonds. The van der Waals surface area contributed by atoms with Gasteiger partial charge in [-0.05, 0) is 25.5 Å². The van der Waals surface area contributed by atoms with E-state index in [1.165, 1.54) is 0 Å². The predicted molar refractivity (Wildman–Crippen MR) is 74.2 cm³/mol. The van der Waals surface area contributed by atoms with Crippen LogP contribution in [0.15, 0.2) is 18.2 Å².